The summed E-state index contributed by atoms with van der Waals surface area (Å²) < 4.78 is 0. The molecule has 0 atom stereocenters. The minimum absolute atomic E-state index is 0.124. The number of phenolic OH excluding ortho intramolecular Hbond substituents is 2. The van der Waals surface area contributed by atoms with Crippen LogP contribution in [0.5, 0.6) is 11.5 Å². The minimum atomic E-state index is -0.205. The van der Waals surface area contributed by atoms with Gasteiger partial charge in [-0.05, 0) is 42.3 Å². The maximum Gasteiger partial charge on any atom is 0.250 e. The van der Waals surface area contributed by atoms with E-state index in [9.17, 15) is 15.0 Å². The van der Waals surface area contributed by atoms with Crippen molar-refractivity contribution in [1.82, 2.24) is 0 Å². The first-order valence-corrected chi connectivity index (χ1v) is 7.18. The van der Waals surface area contributed by atoms with Crippen molar-refractivity contribution in [3.63, 3.8) is 0 Å². The Hall–Kier alpha value is -2.75. The minimum Gasteiger partial charge on any atom is -0.504 e. The lowest BCUT2D eigenvalue weighted by atomic mass is 10.2. The highest BCUT2D eigenvalue weighted by molar-refractivity contribution is 6.03. The van der Waals surface area contributed by atoms with Crippen molar-refractivity contribution in [2.45, 2.75) is 13.3 Å². The monoisotopic (exact) mass is 297 g/mol. The average molecular weight is 297 g/mol. The molecule has 0 saturated heterocycles. The Morgan fingerprint density at radius 3 is 2.45 bits per heavy atom. The van der Waals surface area contributed by atoms with Gasteiger partial charge >= 0.3 is 0 Å². The fourth-order valence-corrected chi connectivity index (χ4v) is 2.10. The van der Waals surface area contributed by atoms with E-state index >= 15 is 0 Å². The van der Waals surface area contributed by atoms with Gasteiger partial charge in [0.15, 0.2) is 11.5 Å². The quantitative estimate of drug-likeness (QED) is 0.655. The molecule has 2 rings (SSSR count). The molecule has 22 heavy (non-hydrogen) atoms. The zero-order valence-corrected chi connectivity index (χ0v) is 12.4. The summed E-state index contributed by atoms with van der Waals surface area (Å²) in [6, 6.07) is 13.9. The number of phenols is 2. The maximum absolute atomic E-state index is 12.4. The number of anilines is 1. The number of benzene rings is 2. The number of nitrogens with zero attached hydrogens (tertiary/aromatic N) is 1. The van der Waals surface area contributed by atoms with E-state index in [-0.39, 0.29) is 17.4 Å². The van der Waals surface area contributed by atoms with E-state index in [1.54, 1.807) is 17.0 Å². The molecule has 0 spiro atoms. The highest BCUT2D eigenvalue weighted by atomic mass is 16.3. The summed E-state index contributed by atoms with van der Waals surface area (Å²) in [6.45, 7) is 2.65. The molecule has 2 aromatic carbocycles. The standard InChI is InChI=1S/C18H19NO3/c1-2-12-19(15-6-4-3-5-7-15)18(22)11-9-14-8-10-16(20)17(21)13-14/h3-11,13,20-21H,2,12H2,1H3/b11-9+. The summed E-state index contributed by atoms with van der Waals surface area (Å²) in [5.41, 5.74) is 1.50. The fourth-order valence-electron chi connectivity index (χ4n) is 2.10. The molecule has 0 fully saturated rings. The van der Waals surface area contributed by atoms with Crippen molar-refractivity contribution < 1.29 is 15.0 Å². The SMILES string of the molecule is CCCN(C(=O)/C=C/c1ccc(O)c(O)c1)c1ccccc1. The third kappa shape index (κ3) is 3.88. The van der Waals surface area contributed by atoms with Gasteiger partial charge in [0.25, 0.3) is 5.91 Å². The average Bonchev–Trinajstić information content (AvgIpc) is 2.54. The summed E-state index contributed by atoms with van der Waals surface area (Å²) >= 11 is 0. The molecule has 1 amide bonds. The van der Waals surface area contributed by atoms with Crippen molar-refractivity contribution in [3.05, 3.63) is 60.2 Å². The van der Waals surface area contributed by atoms with E-state index in [4.69, 9.17) is 0 Å². The summed E-state index contributed by atoms with van der Waals surface area (Å²) in [5.74, 6) is -0.510. The number of carbonyl (C=O) groups is 1. The van der Waals surface area contributed by atoms with Gasteiger partial charge in [-0.2, -0.15) is 0 Å². The molecule has 0 unspecified atom stereocenters. The van der Waals surface area contributed by atoms with Crippen LogP contribution in [-0.2, 0) is 4.79 Å². The van der Waals surface area contributed by atoms with Gasteiger partial charge in [-0.25, -0.2) is 0 Å². The van der Waals surface area contributed by atoms with Crippen LogP contribution in [0.25, 0.3) is 6.08 Å². The molecule has 4 nitrogen and oxygen atoms in total. The summed E-state index contributed by atoms with van der Waals surface area (Å²) in [4.78, 5) is 14.1. The molecule has 2 N–H and O–H groups in total. The lowest BCUT2D eigenvalue weighted by molar-refractivity contribution is -0.114. The Morgan fingerprint density at radius 1 is 1.09 bits per heavy atom. The predicted octanol–water partition coefficient (Wildman–Crippen LogP) is 3.55. The lowest BCUT2D eigenvalue weighted by Crippen LogP contribution is -2.29. The van der Waals surface area contributed by atoms with Gasteiger partial charge in [-0.1, -0.05) is 31.2 Å². The highest BCUT2D eigenvalue weighted by Crippen LogP contribution is 2.25. The third-order valence-electron chi connectivity index (χ3n) is 3.20. The van der Waals surface area contributed by atoms with Crippen LogP contribution >= 0.6 is 0 Å². The van der Waals surface area contributed by atoms with Crippen LogP contribution in [-0.4, -0.2) is 22.7 Å². The Labute approximate surface area is 129 Å². The molecule has 0 aliphatic heterocycles. The molecule has 0 radical (unpaired) electrons. The second-order valence-electron chi connectivity index (χ2n) is 4.91. The Balaban J connectivity index is 2.17. The fraction of sp³-hybridized carbons (Fsp3) is 0.167. The van der Waals surface area contributed by atoms with Gasteiger partial charge < -0.3 is 15.1 Å². The number of hydrogen-bond acceptors (Lipinski definition) is 3. The van der Waals surface area contributed by atoms with Crippen molar-refractivity contribution >= 4 is 17.7 Å². The van der Waals surface area contributed by atoms with E-state index in [1.165, 1.54) is 18.2 Å². The summed E-state index contributed by atoms with van der Waals surface area (Å²) in [5, 5.41) is 18.7. The van der Waals surface area contributed by atoms with Gasteiger partial charge in [0.1, 0.15) is 0 Å². The third-order valence-corrected chi connectivity index (χ3v) is 3.20. The van der Waals surface area contributed by atoms with E-state index in [0.717, 1.165) is 12.1 Å². The van der Waals surface area contributed by atoms with Gasteiger partial charge in [-0.3, -0.25) is 4.79 Å². The predicted molar refractivity (Wildman–Crippen MR) is 87.9 cm³/mol. The molecule has 0 saturated carbocycles. The van der Waals surface area contributed by atoms with Crippen molar-refractivity contribution in [2.24, 2.45) is 0 Å². The van der Waals surface area contributed by atoms with Crippen LogP contribution in [0, 0.1) is 0 Å². The maximum atomic E-state index is 12.4. The molecule has 0 bridgehead atoms. The highest BCUT2D eigenvalue weighted by Gasteiger charge is 2.11. The Kier molecular flexibility index (Phi) is 5.20. The first-order chi connectivity index (χ1) is 10.6. The van der Waals surface area contributed by atoms with Crippen LogP contribution in [0.2, 0.25) is 0 Å². The number of aromatic hydroxyl groups is 2. The zero-order valence-electron chi connectivity index (χ0n) is 12.4. The zero-order chi connectivity index (χ0) is 15.9. The normalized spacial score (nSPS) is 10.8. The molecule has 0 heterocycles. The van der Waals surface area contributed by atoms with Crippen LogP contribution in [0.1, 0.15) is 18.9 Å². The second kappa shape index (κ2) is 7.31. The van der Waals surface area contributed by atoms with E-state index in [1.807, 2.05) is 37.3 Å². The molecule has 4 heteroatoms. The lowest BCUT2D eigenvalue weighted by Gasteiger charge is -2.20. The van der Waals surface area contributed by atoms with Crippen LogP contribution in [0.15, 0.2) is 54.6 Å². The summed E-state index contributed by atoms with van der Waals surface area (Å²) in [6.07, 6.45) is 3.94. The summed E-state index contributed by atoms with van der Waals surface area (Å²) in [7, 11) is 0. The number of rotatable bonds is 5. The number of carbonyl (C=O) groups excluding carboxylic acids is 1. The molecule has 0 aromatic heterocycles. The first kappa shape index (κ1) is 15.6. The van der Waals surface area contributed by atoms with E-state index in [0.29, 0.717) is 12.1 Å². The smallest absolute Gasteiger partial charge is 0.250 e. The van der Waals surface area contributed by atoms with Crippen LogP contribution in [0.4, 0.5) is 5.69 Å². The van der Waals surface area contributed by atoms with Gasteiger partial charge in [0.2, 0.25) is 0 Å². The molecule has 0 aliphatic carbocycles. The molecule has 114 valence electrons. The first-order valence-electron chi connectivity index (χ1n) is 7.18. The van der Waals surface area contributed by atoms with Crippen molar-refractivity contribution in [1.29, 1.82) is 0 Å². The van der Waals surface area contributed by atoms with Gasteiger partial charge in [0.05, 0.1) is 0 Å². The van der Waals surface area contributed by atoms with E-state index < -0.39 is 0 Å². The second-order valence-corrected chi connectivity index (χ2v) is 4.91. The van der Waals surface area contributed by atoms with Gasteiger partial charge in [0, 0.05) is 18.3 Å². The van der Waals surface area contributed by atoms with Crippen molar-refractivity contribution in [2.75, 3.05) is 11.4 Å². The number of para-hydroxylation sites is 1. The van der Waals surface area contributed by atoms with Crippen LogP contribution in [0.3, 0.4) is 0 Å². The topological polar surface area (TPSA) is 60.8 Å². The van der Waals surface area contributed by atoms with Gasteiger partial charge in [-0.15, -0.1) is 0 Å². The molecular weight excluding hydrogens is 278 g/mol. The molecule has 0 aliphatic rings. The van der Waals surface area contributed by atoms with Crippen molar-refractivity contribution in [3.8, 4) is 11.5 Å². The largest absolute Gasteiger partial charge is 0.504 e. The van der Waals surface area contributed by atoms with Crippen LogP contribution < -0.4 is 4.90 Å². The van der Waals surface area contributed by atoms with E-state index in [2.05, 4.69) is 0 Å². The number of amides is 1. The molecular formula is C18H19NO3. The Morgan fingerprint density at radius 2 is 1.82 bits per heavy atom. The Bertz CT molecular complexity index is 665. The molecule has 2 aromatic rings. The number of hydrogen-bond donors (Lipinski definition) is 2.